The Balaban J connectivity index is 0.000000949. The molecule has 0 saturated heterocycles. The predicted molar refractivity (Wildman–Crippen MR) is 212 cm³/mol. The van der Waals surface area contributed by atoms with E-state index in [4.69, 9.17) is 19.9 Å². The molecule has 0 aliphatic heterocycles. The number of hydrogen-bond acceptors (Lipinski definition) is 5. The molecule has 0 aromatic heterocycles. The van der Waals surface area contributed by atoms with Gasteiger partial charge in [-0.2, -0.15) is 0 Å². The first-order chi connectivity index (χ1) is 22.6. The fraction of sp³-hybridized carbons (Fsp3) is 0.487. The third kappa shape index (κ3) is 21.0. The summed E-state index contributed by atoms with van der Waals surface area (Å²) < 4.78 is 9.31. The molecule has 49 heavy (non-hydrogen) atoms. The Morgan fingerprint density at radius 3 is 1.24 bits per heavy atom. The quantitative estimate of drug-likeness (QED) is 0.0749. The molecule has 0 spiro atoms. The second kappa shape index (κ2) is 24.9. The number of para-hydroxylation sites is 1. The van der Waals surface area contributed by atoms with Crippen LogP contribution in [0.5, 0.6) is 5.75 Å². The summed E-state index contributed by atoms with van der Waals surface area (Å²) in [5.74, 6) is 2.64. The van der Waals surface area contributed by atoms with Crippen LogP contribution in [0.15, 0.2) is 88.8 Å². The first-order valence-corrected chi connectivity index (χ1v) is 23.9. The van der Waals surface area contributed by atoms with Gasteiger partial charge in [0.25, 0.3) is 0 Å². The summed E-state index contributed by atoms with van der Waals surface area (Å²) in [7, 11) is 0.0954. The Labute approximate surface area is 325 Å². The summed E-state index contributed by atoms with van der Waals surface area (Å²) in [5.41, 5.74) is 4.06. The molecule has 0 heterocycles. The first kappa shape index (κ1) is 46.9. The number of rotatable bonds is 13. The molecule has 10 heteroatoms. The van der Waals surface area contributed by atoms with Gasteiger partial charge < -0.3 is 34.5 Å². The zero-order valence-electron chi connectivity index (χ0n) is 32.3. The summed E-state index contributed by atoms with van der Waals surface area (Å²) in [6.07, 6.45) is 0.884. The van der Waals surface area contributed by atoms with Crippen molar-refractivity contribution >= 4 is 28.1 Å². The van der Waals surface area contributed by atoms with Gasteiger partial charge in [-0.15, -0.1) is 5.75 Å². The van der Waals surface area contributed by atoms with Gasteiger partial charge in [0.05, 0.1) is 13.2 Å². The first-order valence-electron chi connectivity index (χ1n) is 17.0. The zero-order chi connectivity index (χ0) is 36.2. The molecule has 0 radical (unpaired) electrons. The van der Waals surface area contributed by atoms with Crippen molar-refractivity contribution in [3.8, 4) is 5.75 Å². The molecule has 0 N–H and O–H groups in total. The van der Waals surface area contributed by atoms with Gasteiger partial charge in [0.2, 0.25) is 0 Å². The average molecular weight is 779 g/mol. The monoisotopic (exact) mass is 778 g/mol. The van der Waals surface area contributed by atoms with E-state index in [0.29, 0.717) is 25.0 Å². The van der Waals surface area contributed by atoms with E-state index in [9.17, 15) is 5.11 Å². The van der Waals surface area contributed by atoms with Crippen molar-refractivity contribution in [2.45, 2.75) is 85.2 Å². The maximum absolute atomic E-state index is 11.9. The molecule has 0 aliphatic carbocycles. The van der Waals surface area contributed by atoms with Gasteiger partial charge in [0.1, 0.15) is 0 Å². The molecule has 0 bridgehead atoms. The number of aliphatic imine (C=N–C) groups is 2. The Hall–Kier alpha value is -2.14. The van der Waals surface area contributed by atoms with Crippen LogP contribution in [-0.4, -0.2) is 68.7 Å². The molecule has 0 unspecified atom stereocenters. The van der Waals surface area contributed by atoms with E-state index in [1.165, 1.54) is 0 Å². The summed E-state index contributed by atoms with van der Waals surface area (Å²) in [6, 6.07) is 26.4. The van der Waals surface area contributed by atoms with Crippen LogP contribution in [0.1, 0.15) is 68.2 Å². The fourth-order valence-electron chi connectivity index (χ4n) is 4.28. The molecule has 0 atom stereocenters. The Morgan fingerprint density at radius 2 is 0.959 bits per heavy atom. The van der Waals surface area contributed by atoms with Gasteiger partial charge in [-0.3, -0.25) is 0 Å². The molecule has 3 aromatic carbocycles. The number of benzene rings is 3. The van der Waals surface area contributed by atoms with Crippen molar-refractivity contribution in [2.75, 3.05) is 40.5 Å². The number of amidine groups is 2. The van der Waals surface area contributed by atoms with E-state index in [0.717, 1.165) is 53.4 Å². The van der Waals surface area contributed by atoms with Gasteiger partial charge in [0.15, 0.2) is 0 Å². The second-order valence-electron chi connectivity index (χ2n) is 14.1. The largest absolute Gasteiger partial charge is 3.00 e. The number of ether oxygens (including phenoxy) is 2. The molecule has 3 rings (SSSR count). The summed E-state index contributed by atoms with van der Waals surface area (Å²) >= 11 is 0. The van der Waals surface area contributed by atoms with E-state index in [2.05, 4.69) is 101 Å². The van der Waals surface area contributed by atoms with Crippen molar-refractivity contribution in [3.05, 3.63) is 111 Å². The van der Waals surface area contributed by atoms with Crippen molar-refractivity contribution in [1.29, 1.82) is 0 Å². The Kier molecular flexibility index (Phi) is 23.8. The molecule has 7 nitrogen and oxygen atoms in total. The summed E-state index contributed by atoms with van der Waals surface area (Å²) in [6.45, 7) is 24.5. The minimum Gasteiger partial charge on any atom is -0.872 e. The minimum absolute atomic E-state index is 0. The van der Waals surface area contributed by atoms with Gasteiger partial charge in [-0.25, -0.2) is 0 Å². The smallest absolute Gasteiger partial charge is 0.872 e. The standard InChI is InChI=1S/C23H34N4Si2.C12H18O.C4H10O2.Y/c1-28(2,3)26-22(20-14-9-7-10-15-20)24-18-13-19-25-23(27-29(4,5)6)21-16-11-8-12-17-21;1-8(2)10-6-5-7-11(9(3)4)12(10)13;1-5-3-4-6-2;/h7-12,14-17H,13,18-19H2,1-6H3;5-9,13H,1-4H3;3-4H2,1-2H3;/q-2;;;+3/p-1. The predicted octanol–water partition coefficient (Wildman–Crippen LogP) is 9.97. The Bertz CT molecular complexity index is 1260. The molecule has 3 aromatic rings. The van der Waals surface area contributed by atoms with Crippen molar-refractivity contribution in [1.82, 2.24) is 0 Å². The van der Waals surface area contributed by atoms with Crippen molar-refractivity contribution in [2.24, 2.45) is 9.98 Å². The Morgan fingerprint density at radius 1 is 0.612 bits per heavy atom. The normalized spacial score (nSPS) is 12.0. The molecular formula is C39H61N4O3Si2Y. The number of hydrogen-bond donors (Lipinski definition) is 0. The van der Waals surface area contributed by atoms with Crippen LogP contribution in [0.25, 0.3) is 9.96 Å². The molecule has 266 valence electrons. The minimum atomic E-state index is -1.60. The number of methoxy groups -OCH3 is 2. The third-order valence-corrected chi connectivity index (χ3v) is 8.36. The van der Waals surface area contributed by atoms with E-state index >= 15 is 0 Å². The van der Waals surface area contributed by atoms with E-state index in [1.54, 1.807) is 14.2 Å². The molecule has 0 amide bonds. The van der Waals surface area contributed by atoms with Crippen LogP contribution in [0.4, 0.5) is 0 Å². The molecule has 0 saturated carbocycles. The van der Waals surface area contributed by atoms with Crippen LogP contribution in [0.3, 0.4) is 0 Å². The second-order valence-corrected chi connectivity index (χ2v) is 23.3. The van der Waals surface area contributed by atoms with Gasteiger partial charge in [-0.1, -0.05) is 188 Å². The SMILES string of the molecule is CC(C)c1cccc(C(C)C)c1[O-].COCCOC.C[Si](C)(C)[N-]C(=NCCCN=C([N-][Si](C)(C)C)c1ccccc1)c1ccccc1.[Y+3]. The van der Waals surface area contributed by atoms with E-state index < -0.39 is 16.5 Å². The van der Waals surface area contributed by atoms with Gasteiger partial charge in [0, 0.05) is 30.7 Å². The summed E-state index contributed by atoms with van der Waals surface area (Å²) in [4.78, 5) is 19.5. The average Bonchev–Trinajstić information content (AvgIpc) is 3.02. The maximum Gasteiger partial charge on any atom is 3.00 e. The maximum atomic E-state index is 11.9. The van der Waals surface area contributed by atoms with Crippen molar-refractivity contribution in [3.63, 3.8) is 0 Å². The topological polar surface area (TPSA) is 94.4 Å². The van der Waals surface area contributed by atoms with Crippen LogP contribution in [-0.2, 0) is 42.2 Å². The van der Waals surface area contributed by atoms with E-state index in [1.807, 2.05) is 54.6 Å². The molecular weight excluding hydrogens is 718 g/mol. The number of nitrogens with zero attached hydrogens (tertiary/aromatic N) is 4. The fourth-order valence-corrected chi connectivity index (χ4v) is 5.95. The van der Waals surface area contributed by atoms with Gasteiger partial charge >= 0.3 is 32.7 Å². The van der Waals surface area contributed by atoms with Crippen molar-refractivity contribution < 1.29 is 47.3 Å². The van der Waals surface area contributed by atoms with Crippen LogP contribution >= 0.6 is 0 Å². The summed E-state index contributed by atoms with van der Waals surface area (Å²) in [5, 5.41) is 11.9. The van der Waals surface area contributed by atoms with Crippen LogP contribution < -0.4 is 5.11 Å². The third-order valence-electron chi connectivity index (χ3n) is 6.60. The molecule has 0 aliphatic rings. The van der Waals surface area contributed by atoms with Gasteiger partial charge in [-0.05, 0) is 23.0 Å². The van der Waals surface area contributed by atoms with Crippen LogP contribution in [0.2, 0.25) is 39.3 Å². The zero-order valence-corrected chi connectivity index (χ0v) is 37.1. The van der Waals surface area contributed by atoms with Crippen LogP contribution in [0, 0.1) is 0 Å². The molecule has 0 fully saturated rings. The van der Waals surface area contributed by atoms with E-state index in [-0.39, 0.29) is 38.5 Å².